The zero-order chi connectivity index (χ0) is 22.8. The monoisotopic (exact) mass is 453 g/mol. The molecule has 0 N–H and O–H groups in total. The van der Waals surface area contributed by atoms with Gasteiger partial charge in [-0.05, 0) is 55.3 Å². The van der Waals surface area contributed by atoms with Crippen LogP contribution in [0.25, 0.3) is 0 Å². The highest BCUT2D eigenvalue weighted by Crippen LogP contribution is 2.30. The third-order valence-corrected chi connectivity index (χ3v) is 7.20. The van der Waals surface area contributed by atoms with E-state index in [0.29, 0.717) is 36.0 Å². The van der Waals surface area contributed by atoms with E-state index in [2.05, 4.69) is 22.0 Å². The Morgan fingerprint density at radius 1 is 1.26 bits per heavy atom. The molecular weight excluding hydrogens is 421 g/mol. The third kappa shape index (κ3) is 5.56. The molecule has 1 aliphatic rings. The summed E-state index contributed by atoms with van der Waals surface area (Å²) in [5, 5.41) is 4.10. The van der Waals surface area contributed by atoms with Crippen LogP contribution in [0, 0.1) is 24.6 Å². The van der Waals surface area contributed by atoms with E-state index in [1.165, 1.54) is 12.1 Å². The van der Waals surface area contributed by atoms with Crippen LogP contribution in [0.4, 0.5) is 10.3 Å². The van der Waals surface area contributed by atoms with Gasteiger partial charge in [0.1, 0.15) is 16.5 Å². The fraction of sp³-hybridized carbons (Fsp3) is 0.636. The fourth-order valence-corrected chi connectivity index (χ4v) is 4.73. The molecule has 7 nitrogen and oxygen atoms in total. The molecule has 1 fully saturated rings. The van der Waals surface area contributed by atoms with Crippen LogP contribution in [0.15, 0.2) is 21.6 Å². The van der Waals surface area contributed by atoms with Gasteiger partial charge in [0.15, 0.2) is 9.84 Å². The number of anilines is 1. The Bertz CT molecular complexity index is 998. The SMILES string of the molecule is Cc1c(OCC[C@@H](C)C2CCN(c3noc(C(C)C)n3)CC2)ccc(S(C)(=O)=O)c1F. The lowest BCUT2D eigenvalue weighted by Gasteiger charge is -2.34. The van der Waals surface area contributed by atoms with E-state index < -0.39 is 15.7 Å². The first-order valence-electron chi connectivity index (χ1n) is 10.8. The quantitative estimate of drug-likeness (QED) is 0.587. The van der Waals surface area contributed by atoms with Crippen molar-refractivity contribution >= 4 is 15.8 Å². The van der Waals surface area contributed by atoms with Crippen LogP contribution in [0.5, 0.6) is 5.75 Å². The summed E-state index contributed by atoms with van der Waals surface area (Å²) in [5.74, 6) is 2.25. The van der Waals surface area contributed by atoms with E-state index in [1.54, 1.807) is 6.92 Å². The van der Waals surface area contributed by atoms with Crippen molar-refractivity contribution in [2.24, 2.45) is 11.8 Å². The second kappa shape index (κ2) is 9.54. The zero-order valence-corrected chi connectivity index (χ0v) is 19.7. The van der Waals surface area contributed by atoms with Crippen LogP contribution in [0.2, 0.25) is 0 Å². The average Bonchev–Trinajstić information content (AvgIpc) is 3.21. The largest absolute Gasteiger partial charge is 0.493 e. The van der Waals surface area contributed by atoms with E-state index in [1.807, 2.05) is 13.8 Å². The van der Waals surface area contributed by atoms with E-state index in [9.17, 15) is 12.8 Å². The van der Waals surface area contributed by atoms with Crippen molar-refractivity contribution in [2.45, 2.75) is 57.8 Å². The molecule has 0 spiro atoms. The lowest BCUT2D eigenvalue weighted by atomic mass is 9.84. The van der Waals surface area contributed by atoms with Gasteiger partial charge >= 0.3 is 0 Å². The van der Waals surface area contributed by atoms with Crippen molar-refractivity contribution in [1.29, 1.82) is 0 Å². The molecule has 3 rings (SSSR count). The lowest BCUT2D eigenvalue weighted by Crippen LogP contribution is -2.36. The van der Waals surface area contributed by atoms with Crippen LogP contribution >= 0.6 is 0 Å². The predicted molar refractivity (Wildman–Crippen MR) is 117 cm³/mol. The number of ether oxygens (including phenoxy) is 1. The molecule has 2 aromatic rings. The number of sulfone groups is 1. The van der Waals surface area contributed by atoms with E-state index in [-0.39, 0.29) is 16.4 Å². The summed E-state index contributed by atoms with van der Waals surface area (Å²) in [6, 6.07) is 2.81. The number of aromatic nitrogens is 2. The Hall–Kier alpha value is -2.16. The summed E-state index contributed by atoms with van der Waals surface area (Å²) in [6.07, 6.45) is 3.94. The average molecular weight is 454 g/mol. The first-order valence-corrected chi connectivity index (χ1v) is 12.7. The highest BCUT2D eigenvalue weighted by Gasteiger charge is 2.26. The summed E-state index contributed by atoms with van der Waals surface area (Å²) in [5.41, 5.74) is 0.227. The second-order valence-electron chi connectivity index (χ2n) is 8.80. The zero-order valence-electron chi connectivity index (χ0n) is 18.9. The van der Waals surface area contributed by atoms with Crippen LogP contribution in [0.3, 0.4) is 0 Å². The molecule has 1 aromatic carbocycles. The molecule has 1 saturated heterocycles. The van der Waals surface area contributed by atoms with Crippen molar-refractivity contribution < 1.29 is 22.1 Å². The highest BCUT2D eigenvalue weighted by atomic mass is 32.2. The molecule has 1 aliphatic heterocycles. The Kier molecular flexibility index (Phi) is 7.24. The van der Waals surface area contributed by atoms with Gasteiger partial charge in [0, 0.05) is 30.8 Å². The minimum Gasteiger partial charge on any atom is -0.493 e. The van der Waals surface area contributed by atoms with Crippen molar-refractivity contribution in [3.05, 3.63) is 29.4 Å². The number of piperidine rings is 1. The molecule has 0 radical (unpaired) electrons. The van der Waals surface area contributed by atoms with Gasteiger partial charge in [-0.25, -0.2) is 12.8 Å². The van der Waals surface area contributed by atoms with Gasteiger partial charge in [-0.3, -0.25) is 0 Å². The number of hydrogen-bond donors (Lipinski definition) is 0. The van der Waals surface area contributed by atoms with Crippen molar-refractivity contribution in [3.63, 3.8) is 0 Å². The molecule has 1 atom stereocenters. The van der Waals surface area contributed by atoms with Gasteiger partial charge in [0.2, 0.25) is 5.89 Å². The molecule has 1 aromatic heterocycles. The van der Waals surface area contributed by atoms with E-state index >= 15 is 0 Å². The van der Waals surface area contributed by atoms with Gasteiger partial charge < -0.3 is 14.2 Å². The Morgan fingerprint density at radius 2 is 1.94 bits per heavy atom. The normalized spacial score (nSPS) is 16.7. The van der Waals surface area contributed by atoms with Crippen LogP contribution in [-0.2, 0) is 9.84 Å². The summed E-state index contributed by atoms with van der Waals surface area (Å²) in [4.78, 5) is 6.36. The highest BCUT2D eigenvalue weighted by molar-refractivity contribution is 7.90. The second-order valence-corrected chi connectivity index (χ2v) is 10.8. The molecule has 0 aliphatic carbocycles. The molecule has 0 saturated carbocycles. The maximum atomic E-state index is 14.4. The molecule has 9 heteroatoms. The summed E-state index contributed by atoms with van der Waals surface area (Å²) in [6.45, 7) is 10.1. The van der Waals surface area contributed by atoms with Crippen molar-refractivity contribution in [2.75, 3.05) is 30.9 Å². The van der Waals surface area contributed by atoms with Gasteiger partial charge in [0.25, 0.3) is 5.95 Å². The number of nitrogens with zero attached hydrogens (tertiary/aromatic N) is 3. The molecule has 172 valence electrons. The molecule has 0 bridgehead atoms. The molecule has 0 unspecified atom stereocenters. The minimum absolute atomic E-state index is 0.221. The number of rotatable bonds is 8. The standard InChI is InChI=1S/C22H32FN3O4S/c1-14(2)21-24-22(25-30-21)26-11-8-17(9-12-26)15(3)10-13-29-18-6-7-19(31(5,27)28)20(23)16(18)4/h6-7,14-15,17H,8-13H2,1-5H3/t15-/m1/s1. The topological polar surface area (TPSA) is 85.5 Å². The summed E-state index contributed by atoms with van der Waals surface area (Å²) >= 11 is 0. The van der Waals surface area contributed by atoms with Crippen LogP contribution < -0.4 is 9.64 Å². The lowest BCUT2D eigenvalue weighted by molar-refractivity contribution is 0.221. The van der Waals surface area contributed by atoms with Crippen molar-refractivity contribution in [1.82, 2.24) is 10.1 Å². The molecule has 2 heterocycles. The summed E-state index contributed by atoms with van der Waals surface area (Å²) < 4.78 is 48.8. The molecule has 0 amide bonds. The van der Waals surface area contributed by atoms with Gasteiger partial charge in [-0.15, -0.1) is 0 Å². The first-order chi connectivity index (χ1) is 14.6. The first kappa shape index (κ1) is 23.5. The van der Waals surface area contributed by atoms with Crippen molar-refractivity contribution in [3.8, 4) is 5.75 Å². The minimum atomic E-state index is -3.60. The maximum absolute atomic E-state index is 14.4. The number of hydrogen-bond acceptors (Lipinski definition) is 7. The number of benzene rings is 1. The maximum Gasteiger partial charge on any atom is 0.266 e. The summed E-state index contributed by atoms with van der Waals surface area (Å²) in [7, 11) is -3.60. The van der Waals surface area contributed by atoms with Crippen LogP contribution in [0.1, 0.15) is 57.4 Å². The van der Waals surface area contributed by atoms with E-state index in [4.69, 9.17) is 9.26 Å². The smallest absolute Gasteiger partial charge is 0.266 e. The molecule has 31 heavy (non-hydrogen) atoms. The predicted octanol–water partition coefficient (Wildman–Crippen LogP) is 4.37. The number of halogens is 1. The third-order valence-electron chi connectivity index (χ3n) is 6.08. The Balaban J connectivity index is 1.49. The van der Waals surface area contributed by atoms with Gasteiger partial charge in [-0.2, -0.15) is 4.98 Å². The van der Waals surface area contributed by atoms with Gasteiger partial charge in [-0.1, -0.05) is 20.8 Å². The fourth-order valence-electron chi connectivity index (χ4n) is 3.93. The van der Waals surface area contributed by atoms with Crippen LogP contribution in [-0.4, -0.2) is 44.5 Å². The van der Waals surface area contributed by atoms with E-state index in [0.717, 1.165) is 38.6 Å². The Morgan fingerprint density at radius 3 is 2.52 bits per heavy atom. The molecular formula is C22H32FN3O4S. The van der Waals surface area contributed by atoms with Gasteiger partial charge in [0.05, 0.1) is 6.61 Å². The Labute approximate surface area is 183 Å².